The summed E-state index contributed by atoms with van der Waals surface area (Å²) in [5.41, 5.74) is 7.68. The predicted octanol–water partition coefficient (Wildman–Crippen LogP) is 2.10. The Bertz CT molecular complexity index is 618. The standard InChI is InChI=1S/C15H18N4O/c1-3-10-18(4-2)15(20)13-9-11-19(17-13)14-8-6-5-7-12(14)16/h3,5-9,11H,1,4,10,16H2,2H3. The third-order valence-corrected chi connectivity index (χ3v) is 3.01. The second-order valence-corrected chi connectivity index (χ2v) is 4.34. The SMILES string of the molecule is C=CCN(CC)C(=O)c1ccn(-c2ccccc2N)n1. The quantitative estimate of drug-likeness (QED) is 0.668. The minimum absolute atomic E-state index is 0.111. The predicted molar refractivity (Wildman–Crippen MR) is 79.8 cm³/mol. The number of benzene rings is 1. The van der Waals surface area contributed by atoms with Gasteiger partial charge in [-0.1, -0.05) is 18.2 Å². The lowest BCUT2D eigenvalue weighted by Crippen LogP contribution is -2.31. The van der Waals surface area contributed by atoms with Crippen LogP contribution in [-0.2, 0) is 0 Å². The summed E-state index contributed by atoms with van der Waals surface area (Å²) in [6, 6.07) is 9.09. The van der Waals surface area contributed by atoms with Crippen LogP contribution in [0.4, 0.5) is 5.69 Å². The van der Waals surface area contributed by atoms with Crippen molar-refractivity contribution in [2.75, 3.05) is 18.8 Å². The molecule has 0 aliphatic carbocycles. The molecule has 0 aliphatic rings. The van der Waals surface area contributed by atoms with Crippen molar-refractivity contribution < 1.29 is 4.79 Å². The van der Waals surface area contributed by atoms with Gasteiger partial charge < -0.3 is 10.6 Å². The Hall–Kier alpha value is -2.56. The first kappa shape index (κ1) is 13.9. The van der Waals surface area contributed by atoms with Crippen molar-refractivity contribution in [1.82, 2.24) is 14.7 Å². The van der Waals surface area contributed by atoms with Gasteiger partial charge in [-0.25, -0.2) is 4.68 Å². The van der Waals surface area contributed by atoms with E-state index in [9.17, 15) is 4.79 Å². The third kappa shape index (κ3) is 2.71. The summed E-state index contributed by atoms with van der Waals surface area (Å²) in [5, 5.41) is 4.30. The summed E-state index contributed by atoms with van der Waals surface area (Å²) < 4.78 is 1.62. The fourth-order valence-corrected chi connectivity index (χ4v) is 1.94. The first-order chi connectivity index (χ1) is 9.67. The van der Waals surface area contributed by atoms with Gasteiger partial charge in [0.25, 0.3) is 5.91 Å². The molecule has 2 aromatic rings. The molecule has 0 bridgehead atoms. The van der Waals surface area contributed by atoms with Gasteiger partial charge in [0.2, 0.25) is 0 Å². The van der Waals surface area contributed by atoms with Crippen LogP contribution in [0.5, 0.6) is 0 Å². The Kier molecular flexibility index (Phi) is 4.20. The van der Waals surface area contributed by atoms with Crippen LogP contribution in [0.15, 0.2) is 49.2 Å². The average molecular weight is 270 g/mol. The number of nitrogen functional groups attached to an aromatic ring is 1. The Morgan fingerprint density at radius 2 is 2.20 bits per heavy atom. The van der Waals surface area contributed by atoms with Crippen molar-refractivity contribution in [3.05, 3.63) is 54.9 Å². The number of carbonyl (C=O) groups excluding carboxylic acids is 1. The number of amides is 1. The van der Waals surface area contributed by atoms with Gasteiger partial charge in [-0.2, -0.15) is 5.10 Å². The lowest BCUT2D eigenvalue weighted by molar-refractivity contribution is 0.0776. The molecule has 2 N–H and O–H groups in total. The molecule has 0 aliphatic heterocycles. The lowest BCUT2D eigenvalue weighted by Gasteiger charge is -2.17. The van der Waals surface area contributed by atoms with E-state index >= 15 is 0 Å². The number of rotatable bonds is 5. The molecule has 0 radical (unpaired) electrons. The van der Waals surface area contributed by atoms with E-state index in [0.29, 0.717) is 24.5 Å². The zero-order chi connectivity index (χ0) is 14.5. The smallest absolute Gasteiger partial charge is 0.274 e. The van der Waals surface area contributed by atoms with Gasteiger partial charge in [-0.05, 0) is 25.1 Å². The number of likely N-dealkylation sites (N-methyl/N-ethyl adjacent to an activating group) is 1. The van der Waals surface area contributed by atoms with Gasteiger partial charge >= 0.3 is 0 Å². The molecule has 1 aromatic heterocycles. The van der Waals surface area contributed by atoms with Crippen LogP contribution in [0.3, 0.4) is 0 Å². The highest BCUT2D eigenvalue weighted by atomic mass is 16.2. The third-order valence-electron chi connectivity index (χ3n) is 3.01. The second kappa shape index (κ2) is 6.06. The first-order valence-electron chi connectivity index (χ1n) is 6.48. The van der Waals surface area contributed by atoms with Crippen molar-refractivity contribution in [3.63, 3.8) is 0 Å². The second-order valence-electron chi connectivity index (χ2n) is 4.34. The first-order valence-corrected chi connectivity index (χ1v) is 6.48. The largest absolute Gasteiger partial charge is 0.397 e. The van der Waals surface area contributed by atoms with E-state index < -0.39 is 0 Å². The Labute approximate surface area is 118 Å². The molecule has 1 aromatic carbocycles. The molecule has 1 amide bonds. The maximum Gasteiger partial charge on any atom is 0.274 e. The molecular weight excluding hydrogens is 252 g/mol. The lowest BCUT2D eigenvalue weighted by atomic mass is 10.3. The van der Waals surface area contributed by atoms with Gasteiger partial charge in [0.05, 0.1) is 11.4 Å². The molecule has 0 saturated carbocycles. The topological polar surface area (TPSA) is 64.2 Å². The van der Waals surface area contributed by atoms with Gasteiger partial charge in [0.15, 0.2) is 5.69 Å². The molecule has 2 rings (SSSR count). The van der Waals surface area contributed by atoms with E-state index in [0.717, 1.165) is 5.69 Å². The number of hydrogen-bond acceptors (Lipinski definition) is 3. The normalized spacial score (nSPS) is 10.2. The van der Waals surface area contributed by atoms with Crippen LogP contribution in [0.1, 0.15) is 17.4 Å². The van der Waals surface area contributed by atoms with E-state index in [1.165, 1.54) is 0 Å². The van der Waals surface area contributed by atoms with Crippen LogP contribution in [0.2, 0.25) is 0 Å². The maximum atomic E-state index is 12.3. The van der Waals surface area contributed by atoms with Crippen molar-refractivity contribution >= 4 is 11.6 Å². The van der Waals surface area contributed by atoms with Crippen molar-refractivity contribution in [3.8, 4) is 5.69 Å². The maximum absolute atomic E-state index is 12.3. The van der Waals surface area contributed by atoms with E-state index in [1.807, 2.05) is 25.1 Å². The number of anilines is 1. The molecule has 5 heteroatoms. The van der Waals surface area contributed by atoms with Crippen LogP contribution in [0, 0.1) is 0 Å². The fraction of sp³-hybridized carbons (Fsp3) is 0.200. The monoisotopic (exact) mass is 270 g/mol. The summed E-state index contributed by atoms with van der Waals surface area (Å²) in [4.78, 5) is 13.9. The highest BCUT2D eigenvalue weighted by Crippen LogP contribution is 2.16. The van der Waals surface area contributed by atoms with Crippen LogP contribution < -0.4 is 5.73 Å². The molecule has 0 atom stereocenters. The summed E-state index contributed by atoms with van der Waals surface area (Å²) in [6.07, 6.45) is 3.44. The van der Waals surface area contributed by atoms with E-state index in [1.54, 1.807) is 34.0 Å². The molecule has 104 valence electrons. The molecule has 0 saturated heterocycles. The molecule has 0 fully saturated rings. The van der Waals surface area contributed by atoms with Gasteiger partial charge in [0.1, 0.15) is 0 Å². The molecule has 5 nitrogen and oxygen atoms in total. The molecule has 1 heterocycles. The summed E-state index contributed by atoms with van der Waals surface area (Å²) >= 11 is 0. The van der Waals surface area contributed by atoms with E-state index in [2.05, 4.69) is 11.7 Å². The molecule has 0 spiro atoms. The average Bonchev–Trinajstić information content (AvgIpc) is 2.94. The zero-order valence-electron chi connectivity index (χ0n) is 11.5. The van der Waals surface area contributed by atoms with E-state index in [-0.39, 0.29) is 5.91 Å². The van der Waals surface area contributed by atoms with Crippen molar-refractivity contribution in [2.24, 2.45) is 0 Å². The minimum Gasteiger partial charge on any atom is -0.397 e. The molecular formula is C15H18N4O. The highest BCUT2D eigenvalue weighted by molar-refractivity contribution is 5.92. The summed E-state index contributed by atoms with van der Waals surface area (Å²) in [5.74, 6) is -0.111. The molecule has 0 unspecified atom stereocenters. The van der Waals surface area contributed by atoms with Crippen molar-refractivity contribution in [1.29, 1.82) is 0 Å². The summed E-state index contributed by atoms with van der Waals surface area (Å²) in [6.45, 7) is 6.70. The molecule has 20 heavy (non-hydrogen) atoms. The Balaban J connectivity index is 2.27. The van der Waals surface area contributed by atoms with E-state index in [4.69, 9.17) is 5.73 Å². The van der Waals surface area contributed by atoms with Gasteiger partial charge in [-0.15, -0.1) is 6.58 Å². The number of aromatic nitrogens is 2. The number of carbonyl (C=O) groups is 1. The summed E-state index contributed by atoms with van der Waals surface area (Å²) in [7, 11) is 0. The highest BCUT2D eigenvalue weighted by Gasteiger charge is 2.16. The van der Waals surface area contributed by atoms with Gasteiger partial charge in [-0.3, -0.25) is 4.79 Å². The Morgan fingerprint density at radius 3 is 2.85 bits per heavy atom. The fourth-order valence-electron chi connectivity index (χ4n) is 1.94. The van der Waals surface area contributed by atoms with Gasteiger partial charge in [0, 0.05) is 19.3 Å². The van der Waals surface area contributed by atoms with Crippen LogP contribution >= 0.6 is 0 Å². The number of nitrogens with two attached hydrogens (primary N) is 1. The van der Waals surface area contributed by atoms with Crippen LogP contribution in [-0.4, -0.2) is 33.7 Å². The minimum atomic E-state index is -0.111. The Morgan fingerprint density at radius 1 is 1.45 bits per heavy atom. The van der Waals surface area contributed by atoms with Crippen molar-refractivity contribution in [2.45, 2.75) is 6.92 Å². The number of hydrogen-bond donors (Lipinski definition) is 1. The zero-order valence-corrected chi connectivity index (χ0v) is 11.5. The van der Waals surface area contributed by atoms with Crippen LogP contribution in [0.25, 0.3) is 5.69 Å². The number of nitrogens with zero attached hydrogens (tertiary/aromatic N) is 3. The number of para-hydroxylation sites is 2.